The van der Waals surface area contributed by atoms with Gasteiger partial charge < -0.3 is 19.2 Å². The van der Waals surface area contributed by atoms with Gasteiger partial charge in [-0.05, 0) is 42.0 Å². The lowest BCUT2D eigenvalue weighted by Gasteiger charge is -2.26. The molecule has 1 amide bonds. The Bertz CT molecular complexity index is 1320. The lowest BCUT2D eigenvalue weighted by atomic mass is 10.1. The van der Waals surface area contributed by atoms with Crippen LogP contribution in [0.4, 0.5) is 0 Å². The molecule has 0 saturated carbocycles. The Morgan fingerprint density at radius 2 is 1.97 bits per heavy atom. The molecule has 0 fully saturated rings. The number of carbonyl (C=O) groups excluding carboxylic acids is 1. The van der Waals surface area contributed by atoms with Gasteiger partial charge in [-0.2, -0.15) is 0 Å². The fourth-order valence-corrected chi connectivity index (χ4v) is 3.41. The Labute approximate surface area is 177 Å². The maximum Gasteiger partial charge on any atom is 0.264 e. The van der Waals surface area contributed by atoms with Gasteiger partial charge in [0.15, 0.2) is 16.9 Å². The van der Waals surface area contributed by atoms with E-state index >= 15 is 0 Å². The molecule has 3 heterocycles. The average Bonchev–Trinajstić information content (AvgIpc) is 2.82. The van der Waals surface area contributed by atoms with Crippen LogP contribution in [0, 0.1) is 0 Å². The molecule has 0 aliphatic carbocycles. The molecule has 7 nitrogen and oxygen atoms in total. The van der Waals surface area contributed by atoms with Crippen molar-refractivity contribution in [3.8, 4) is 22.8 Å². The SMILES string of the molecule is O=C(NCc1cccnc1)C1COc2cc(-c3cc(=O)c4ccccc4o3)ccc2O1. The molecule has 0 radical (unpaired) electrons. The van der Waals surface area contributed by atoms with Crippen molar-refractivity contribution in [2.24, 2.45) is 0 Å². The Morgan fingerprint density at radius 3 is 2.84 bits per heavy atom. The summed E-state index contributed by atoms with van der Waals surface area (Å²) in [5.74, 6) is 1.12. The second kappa shape index (κ2) is 7.95. The van der Waals surface area contributed by atoms with E-state index in [1.165, 1.54) is 6.07 Å². The summed E-state index contributed by atoms with van der Waals surface area (Å²) >= 11 is 0. The standard InChI is InChI=1S/C24H18N2O5/c27-18-11-21(30-19-6-2-1-5-17(18)19)16-7-8-20-22(10-16)29-14-23(31-20)24(28)26-13-15-4-3-9-25-12-15/h1-12,23H,13-14H2,(H,26,28). The summed E-state index contributed by atoms with van der Waals surface area (Å²) in [4.78, 5) is 28.9. The first-order chi connectivity index (χ1) is 15.2. The van der Waals surface area contributed by atoms with Gasteiger partial charge >= 0.3 is 0 Å². The quantitative estimate of drug-likeness (QED) is 0.551. The summed E-state index contributed by atoms with van der Waals surface area (Å²) in [6.07, 6.45) is 2.62. The van der Waals surface area contributed by atoms with E-state index in [2.05, 4.69) is 10.3 Å². The molecule has 0 saturated heterocycles. The minimum Gasteiger partial charge on any atom is -0.485 e. The van der Waals surface area contributed by atoms with Crippen LogP contribution in [0.25, 0.3) is 22.3 Å². The normalized spacial score (nSPS) is 14.9. The van der Waals surface area contributed by atoms with Crippen molar-refractivity contribution in [2.75, 3.05) is 6.61 Å². The fraction of sp³-hybridized carbons (Fsp3) is 0.125. The molecule has 1 unspecified atom stereocenters. The molecule has 1 aliphatic heterocycles. The van der Waals surface area contributed by atoms with Gasteiger partial charge in [0.25, 0.3) is 5.91 Å². The monoisotopic (exact) mass is 414 g/mol. The van der Waals surface area contributed by atoms with E-state index in [1.807, 2.05) is 18.2 Å². The molecule has 31 heavy (non-hydrogen) atoms. The average molecular weight is 414 g/mol. The van der Waals surface area contributed by atoms with Crippen molar-refractivity contribution in [2.45, 2.75) is 12.6 Å². The maximum absolute atomic E-state index is 12.4. The molecule has 1 aliphatic rings. The Kier molecular flexibility index (Phi) is 4.84. The van der Waals surface area contributed by atoms with Gasteiger partial charge in [-0.3, -0.25) is 14.6 Å². The number of pyridine rings is 1. The predicted octanol–water partition coefficient (Wildman–Crippen LogP) is 3.31. The van der Waals surface area contributed by atoms with E-state index in [1.54, 1.807) is 48.8 Å². The zero-order valence-corrected chi connectivity index (χ0v) is 16.4. The third-order valence-electron chi connectivity index (χ3n) is 5.00. The van der Waals surface area contributed by atoms with Crippen molar-refractivity contribution in [1.82, 2.24) is 10.3 Å². The van der Waals surface area contributed by atoms with Crippen molar-refractivity contribution in [1.29, 1.82) is 0 Å². The van der Waals surface area contributed by atoms with Crippen LogP contribution in [0.5, 0.6) is 11.5 Å². The van der Waals surface area contributed by atoms with Crippen molar-refractivity contribution in [3.05, 3.63) is 88.8 Å². The van der Waals surface area contributed by atoms with Gasteiger partial charge in [-0.1, -0.05) is 18.2 Å². The fourth-order valence-electron chi connectivity index (χ4n) is 3.41. The molecule has 0 bridgehead atoms. The first-order valence-electron chi connectivity index (χ1n) is 9.81. The van der Waals surface area contributed by atoms with Crippen LogP contribution in [-0.2, 0) is 11.3 Å². The number of ether oxygens (including phenoxy) is 2. The van der Waals surface area contributed by atoms with E-state index in [0.717, 1.165) is 5.56 Å². The molecule has 7 heteroatoms. The number of nitrogens with one attached hydrogen (secondary N) is 1. The van der Waals surface area contributed by atoms with Gasteiger partial charge in [0.1, 0.15) is 18.0 Å². The smallest absolute Gasteiger partial charge is 0.264 e. The zero-order valence-electron chi connectivity index (χ0n) is 16.4. The van der Waals surface area contributed by atoms with Crippen LogP contribution in [0.1, 0.15) is 5.56 Å². The first-order valence-corrected chi connectivity index (χ1v) is 9.81. The number of nitrogens with zero attached hydrogens (tertiary/aromatic N) is 1. The highest BCUT2D eigenvalue weighted by atomic mass is 16.6. The van der Waals surface area contributed by atoms with E-state index in [9.17, 15) is 9.59 Å². The van der Waals surface area contributed by atoms with Crippen LogP contribution < -0.4 is 20.2 Å². The number of rotatable bonds is 4. The van der Waals surface area contributed by atoms with E-state index in [0.29, 0.717) is 40.3 Å². The minimum absolute atomic E-state index is 0.0804. The van der Waals surface area contributed by atoms with Crippen LogP contribution in [0.3, 0.4) is 0 Å². The second-order valence-electron chi connectivity index (χ2n) is 7.13. The van der Waals surface area contributed by atoms with E-state index in [4.69, 9.17) is 13.9 Å². The third-order valence-corrected chi connectivity index (χ3v) is 5.00. The molecule has 1 N–H and O–H groups in total. The molecular weight excluding hydrogens is 396 g/mol. The summed E-state index contributed by atoms with van der Waals surface area (Å²) in [6, 6.07) is 17.5. The summed E-state index contributed by atoms with van der Waals surface area (Å²) in [6.45, 7) is 0.441. The molecule has 0 spiro atoms. The van der Waals surface area contributed by atoms with Gasteiger partial charge in [0.05, 0.1) is 5.39 Å². The van der Waals surface area contributed by atoms with Gasteiger partial charge in [-0.25, -0.2) is 0 Å². The first kappa shape index (κ1) is 18.9. The molecular formula is C24H18N2O5. The largest absolute Gasteiger partial charge is 0.485 e. The highest BCUT2D eigenvalue weighted by molar-refractivity contribution is 5.82. The van der Waals surface area contributed by atoms with Gasteiger partial charge in [0.2, 0.25) is 6.10 Å². The Balaban J connectivity index is 1.33. The number of hydrogen-bond donors (Lipinski definition) is 1. The molecule has 2 aromatic carbocycles. The van der Waals surface area contributed by atoms with Crippen molar-refractivity contribution < 1.29 is 18.7 Å². The highest BCUT2D eigenvalue weighted by Crippen LogP contribution is 2.36. The van der Waals surface area contributed by atoms with Crippen molar-refractivity contribution in [3.63, 3.8) is 0 Å². The lowest BCUT2D eigenvalue weighted by Crippen LogP contribution is -2.43. The van der Waals surface area contributed by atoms with Crippen LogP contribution in [0.15, 0.2) is 82.3 Å². The second-order valence-corrected chi connectivity index (χ2v) is 7.13. The predicted molar refractivity (Wildman–Crippen MR) is 114 cm³/mol. The van der Waals surface area contributed by atoms with Gasteiger partial charge in [0, 0.05) is 30.6 Å². The summed E-state index contributed by atoms with van der Waals surface area (Å²) in [5, 5.41) is 3.36. The number of para-hydroxylation sites is 1. The number of carbonyl (C=O) groups is 1. The molecule has 2 aromatic heterocycles. The maximum atomic E-state index is 12.4. The summed E-state index contributed by atoms with van der Waals surface area (Å²) in [5.41, 5.74) is 1.99. The number of benzene rings is 2. The summed E-state index contributed by atoms with van der Waals surface area (Å²) in [7, 11) is 0. The van der Waals surface area contributed by atoms with Crippen molar-refractivity contribution >= 4 is 16.9 Å². The zero-order chi connectivity index (χ0) is 21.2. The van der Waals surface area contributed by atoms with Gasteiger partial charge in [-0.15, -0.1) is 0 Å². The Morgan fingerprint density at radius 1 is 1.06 bits per heavy atom. The molecule has 5 rings (SSSR count). The minimum atomic E-state index is -0.756. The molecule has 1 atom stereocenters. The van der Waals surface area contributed by atoms with E-state index < -0.39 is 6.10 Å². The molecule has 4 aromatic rings. The third kappa shape index (κ3) is 3.85. The van der Waals surface area contributed by atoms with Crippen LogP contribution >= 0.6 is 0 Å². The van der Waals surface area contributed by atoms with Crippen LogP contribution in [0.2, 0.25) is 0 Å². The highest BCUT2D eigenvalue weighted by Gasteiger charge is 2.27. The number of amides is 1. The lowest BCUT2D eigenvalue weighted by molar-refractivity contribution is -0.130. The summed E-state index contributed by atoms with van der Waals surface area (Å²) < 4.78 is 17.5. The number of hydrogen-bond acceptors (Lipinski definition) is 6. The topological polar surface area (TPSA) is 90.7 Å². The Hall–Kier alpha value is -4.13. The van der Waals surface area contributed by atoms with E-state index in [-0.39, 0.29) is 17.9 Å². The number of aromatic nitrogens is 1. The molecule has 154 valence electrons. The number of fused-ring (bicyclic) bond motifs is 2. The van der Waals surface area contributed by atoms with Crippen LogP contribution in [-0.4, -0.2) is 23.6 Å².